The zero-order chi connectivity index (χ0) is 45.0. The van der Waals surface area contributed by atoms with Crippen LogP contribution in [-0.4, -0.2) is 133 Å². The van der Waals surface area contributed by atoms with Crippen LogP contribution >= 0.6 is 0 Å². The number of amides is 4. The summed E-state index contributed by atoms with van der Waals surface area (Å²) in [5.74, 6) is 1.49. The van der Waals surface area contributed by atoms with Crippen LogP contribution in [0.4, 0.5) is 5.82 Å². The van der Waals surface area contributed by atoms with Crippen molar-refractivity contribution in [3.05, 3.63) is 75.8 Å². The van der Waals surface area contributed by atoms with Crippen LogP contribution < -0.4 is 30.0 Å². The van der Waals surface area contributed by atoms with Gasteiger partial charge in [-0.1, -0.05) is 0 Å². The quantitative estimate of drug-likeness (QED) is 0.211. The summed E-state index contributed by atoms with van der Waals surface area (Å²) >= 11 is 0. The summed E-state index contributed by atoms with van der Waals surface area (Å²) in [6, 6.07) is 10.1. The number of anilines is 1. The number of rotatable bonds is 11. The Hall–Kier alpha value is -5.84. The van der Waals surface area contributed by atoms with E-state index in [0.29, 0.717) is 36.8 Å². The highest BCUT2D eigenvalue weighted by atomic mass is 16.5. The number of imide groups is 2. The molecule has 10 rings (SSSR count). The SMILES string of the molecule is COc1cc(-c2cn(C)c(=O)c3cnc(N4CCOCC4)cc23)cc(OC)c1CN1CCC(CN2CCC3(CC2)CC(Oc2ccc4c(c2)C(=O)N(C2CCC(=O)NC2=O)C4=O)C3)CC1. The van der Waals surface area contributed by atoms with Gasteiger partial charge in [-0.3, -0.25) is 39.1 Å². The lowest BCUT2D eigenvalue weighted by Crippen LogP contribution is -2.54. The molecule has 0 radical (unpaired) electrons. The molecule has 4 amide bonds. The number of carbonyl (C=O) groups is 4. The van der Waals surface area contributed by atoms with Gasteiger partial charge in [-0.2, -0.15) is 0 Å². The van der Waals surface area contributed by atoms with Crippen LogP contribution in [0, 0.1) is 11.3 Å². The van der Waals surface area contributed by atoms with E-state index in [4.69, 9.17) is 18.9 Å². The zero-order valence-electron chi connectivity index (χ0n) is 37.4. The lowest BCUT2D eigenvalue weighted by atomic mass is 9.61. The average Bonchev–Trinajstić information content (AvgIpc) is 3.55. The molecule has 6 aliphatic rings. The van der Waals surface area contributed by atoms with Gasteiger partial charge in [0, 0.05) is 63.0 Å². The number of aromatic nitrogens is 2. The standard InChI is InChI=1S/C49H57N7O9/c1-52-28-38(35-23-43(50-26-37(35)46(52)59)55-16-18-64-19-17-55)31-20-41(62-2)39(42(21-31)63-3)29-53-12-8-30(9-13-53)27-54-14-10-49(11-15-54)24-33(25-49)65-32-4-5-34-36(22-32)48(61)56(47(34)60)40-6-7-44(57)51-45(40)58/h4-5,20-23,26,28,30,33,40H,6-19,24-25,27,29H2,1-3H3,(H,51,57,58). The van der Waals surface area contributed by atoms with Gasteiger partial charge in [0.2, 0.25) is 11.8 Å². The van der Waals surface area contributed by atoms with E-state index in [0.717, 1.165) is 129 Å². The Labute approximate surface area is 377 Å². The van der Waals surface area contributed by atoms with Crippen molar-refractivity contribution in [3.63, 3.8) is 0 Å². The Bertz CT molecular complexity index is 2580. The number of benzene rings is 2. The van der Waals surface area contributed by atoms with Crippen LogP contribution in [-0.2, 0) is 27.9 Å². The van der Waals surface area contributed by atoms with Crippen molar-refractivity contribution >= 4 is 40.2 Å². The minimum Gasteiger partial charge on any atom is -0.496 e. The molecule has 65 heavy (non-hydrogen) atoms. The number of methoxy groups -OCH3 is 2. The van der Waals surface area contributed by atoms with Crippen LogP contribution in [0.1, 0.15) is 77.6 Å². The van der Waals surface area contributed by atoms with E-state index in [2.05, 4.69) is 37.1 Å². The number of aryl methyl sites for hydroxylation is 1. The highest BCUT2D eigenvalue weighted by Gasteiger charge is 2.48. The molecule has 4 saturated heterocycles. The van der Waals surface area contributed by atoms with Crippen LogP contribution in [0.5, 0.6) is 17.2 Å². The number of hydrogen-bond donors (Lipinski definition) is 1. The van der Waals surface area contributed by atoms with Crippen molar-refractivity contribution in [2.45, 2.75) is 70.1 Å². The van der Waals surface area contributed by atoms with Gasteiger partial charge >= 0.3 is 0 Å². The Morgan fingerprint density at radius 2 is 1.51 bits per heavy atom. The molecule has 1 spiro atoms. The molecule has 5 fully saturated rings. The monoisotopic (exact) mass is 887 g/mol. The van der Waals surface area contributed by atoms with Gasteiger partial charge in [0.15, 0.2) is 0 Å². The zero-order valence-corrected chi connectivity index (χ0v) is 37.4. The lowest BCUT2D eigenvalue weighted by Gasteiger charge is -2.52. The summed E-state index contributed by atoms with van der Waals surface area (Å²) in [4.78, 5) is 76.8. The highest BCUT2D eigenvalue weighted by Crippen LogP contribution is 2.51. The Kier molecular flexibility index (Phi) is 11.6. The van der Waals surface area contributed by atoms with Crippen molar-refractivity contribution in [1.29, 1.82) is 0 Å². The first-order chi connectivity index (χ1) is 31.5. The third-order valence-electron chi connectivity index (χ3n) is 14.9. The Balaban J connectivity index is 0.717. The summed E-state index contributed by atoms with van der Waals surface area (Å²) < 4.78 is 25.6. The molecule has 342 valence electrons. The molecule has 1 unspecified atom stereocenters. The van der Waals surface area contributed by atoms with Crippen LogP contribution in [0.25, 0.3) is 21.9 Å². The number of carbonyl (C=O) groups excluding carboxylic acids is 4. The number of nitrogens with one attached hydrogen (secondary N) is 1. The summed E-state index contributed by atoms with van der Waals surface area (Å²) in [6.45, 7) is 8.77. The summed E-state index contributed by atoms with van der Waals surface area (Å²) in [5.41, 5.74) is 3.51. The second kappa shape index (κ2) is 17.5. The third kappa shape index (κ3) is 8.24. The molecule has 2 aromatic carbocycles. The molecular weight excluding hydrogens is 831 g/mol. The van der Waals surface area contributed by atoms with Gasteiger partial charge in [0.05, 0.1) is 55.6 Å². The van der Waals surface area contributed by atoms with E-state index >= 15 is 0 Å². The first-order valence-electron chi connectivity index (χ1n) is 23.0. The summed E-state index contributed by atoms with van der Waals surface area (Å²) in [7, 11) is 5.18. The average molecular weight is 888 g/mol. The predicted octanol–water partition coefficient (Wildman–Crippen LogP) is 4.39. The smallest absolute Gasteiger partial charge is 0.262 e. The molecule has 4 aromatic rings. The van der Waals surface area contributed by atoms with E-state index < -0.39 is 29.7 Å². The van der Waals surface area contributed by atoms with Gasteiger partial charge in [-0.05, 0) is 124 Å². The largest absolute Gasteiger partial charge is 0.496 e. The maximum Gasteiger partial charge on any atom is 0.262 e. The minimum atomic E-state index is -0.989. The molecule has 2 aromatic heterocycles. The minimum absolute atomic E-state index is 0.0515. The fourth-order valence-corrected chi connectivity index (χ4v) is 11.1. The fourth-order valence-electron chi connectivity index (χ4n) is 11.1. The van der Waals surface area contributed by atoms with Gasteiger partial charge in [-0.15, -0.1) is 0 Å². The fraction of sp³-hybridized carbons (Fsp3) is 0.510. The third-order valence-corrected chi connectivity index (χ3v) is 14.9. The maximum absolute atomic E-state index is 13.3. The van der Waals surface area contributed by atoms with E-state index in [1.807, 2.05) is 12.3 Å². The molecule has 5 aliphatic heterocycles. The number of hydrogen-bond acceptors (Lipinski definition) is 13. The molecule has 16 nitrogen and oxygen atoms in total. The van der Waals surface area contributed by atoms with Crippen molar-refractivity contribution in [2.24, 2.45) is 18.4 Å². The molecule has 16 heteroatoms. The van der Waals surface area contributed by atoms with Crippen molar-refractivity contribution in [2.75, 3.05) is 78.1 Å². The summed E-state index contributed by atoms with van der Waals surface area (Å²) in [5, 5.41) is 3.65. The van der Waals surface area contributed by atoms with E-state index in [1.54, 1.807) is 50.2 Å². The highest BCUT2D eigenvalue weighted by molar-refractivity contribution is 6.23. The van der Waals surface area contributed by atoms with E-state index in [-0.39, 0.29) is 41.0 Å². The van der Waals surface area contributed by atoms with Gasteiger partial charge in [-0.25, -0.2) is 4.98 Å². The van der Waals surface area contributed by atoms with Gasteiger partial charge in [0.1, 0.15) is 29.1 Å². The molecule has 0 bridgehead atoms. The van der Waals surface area contributed by atoms with Gasteiger partial charge < -0.3 is 33.3 Å². The number of piperidine rings is 3. The van der Waals surface area contributed by atoms with Crippen LogP contribution in [0.15, 0.2) is 53.6 Å². The second-order valence-electron chi connectivity index (χ2n) is 18.8. The topological polar surface area (TPSA) is 165 Å². The molecule has 1 saturated carbocycles. The predicted molar refractivity (Wildman–Crippen MR) is 241 cm³/mol. The maximum atomic E-state index is 13.3. The number of likely N-dealkylation sites (tertiary alicyclic amines) is 2. The van der Waals surface area contributed by atoms with E-state index in [1.165, 1.54) is 0 Å². The Morgan fingerprint density at radius 3 is 2.20 bits per heavy atom. The summed E-state index contributed by atoms with van der Waals surface area (Å²) in [6.07, 6.45) is 10.3. The van der Waals surface area contributed by atoms with Gasteiger partial charge in [0.25, 0.3) is 17.4 Å². The number of fused-ring (bicyclic) bond motifs is 2. The van der Waals surface area contributed by atoms with Crippen LogP contribution in [0.2, 0.25) is 0 Å². The normalized spacial score (nSPS) is 22.0. The first kappa shape index (κ1) is 43.1. The van der Waals surface area contributed by atoms with Crippen LogP contribution in [0.3, 0.4) is 0 Å². The number of ether oxygens (including phenoxy) is 4. The lowest BCUT2D eigenvalue weighted by molar-refractivity contribution is -0.136. The second-order valence-corrected chi connectivity index (χ2v) is 18.8. The van der Waals surface area contributed by atoms with Crippen molar-refractivity contribution < 1.29 is 38.1 Å². The molecule has 1 N–H and O–H groups in total. The number of morpholine rings is 1. The molecular formula is C49H57N7O9. The molecule has 1 atom stereocenters. The van der Waals surface area contributed by atoms with Crippen molar-refractivity contribution in [3.8, 4) is 28.4 Å². The number of nitrogens with zero attached hydrogens (tertiary/aromatic N) is 6. The Morgan fingerprint density at radius 1 is 0.800 bits per heavy atom. The van der Waals surface area contributed by atoms with Crippen molar-refractivity contribution in [1.82, 2.24) is 29.6 Å². The van der Waals surface area contributed by atoms with E-state index in [9.17, 15) is 24.0 Å². The molecule has 7 heterocycles. The first-order valence-corrected chi connectivity index (χ1v) is 23.0. The molecule has 1 aliphatic carbocycles. The number of pyridine rings is 2.